The molecule has 118 valence electrons. The van der Waals surface area contributed by atoms with Gasteiger partial charge in [0.25, 0.3) is 0 Å². The zero-order valence-electron chi connectivity index (χ0n) is 13.0. The summed E-state index contributed by atoms with van der Waals surface area (Å²) >= 11 is 12.2. The Morgan fingerprint density at radius 3 is 2.38 bits per heavy atom. The molecule has 0 bridgehead atoms. The van der Waals surface area contributed by atoms with E-state index < -0.39 is 11.7 Å². The highest BCUT2D eigenvalue weighted by molar-refractivity contribution is 6.33. The van der Waals surface area contributed by atoms with Crippen molar-refractivity contribution in [2.24, 2.45) is 5.41 Å². The van der Waals surface area contributed by atoms with Gasteiger partial charge in [0.1, 0.15) is 0 Å². The Balaban J connectivity index is 2.14. The summed E-state index contributed by atoms with van der Waals surface area (Å²) in [6.45, 7) is 4.54. The third-order valence-corrected chi connectivity index (χ3v) is 5.49. The van der Waals surface area contributed by atoms with E-state index in [0.717, 1.165) is 31.2 Å². The predicted octanol–water partition coefficient (Wildman–Crippen LogP) is 4.88. The fourth-order valence-electron chi connectivity index (χ4n) is 3.12. The van der Waals surface area contributed by atoms with Gasteiger partial charge >= 0.3 is 0 Å². The van der Waals surface area contributed by atoms with Crippen molar-refractivity contribution in [3.63, 3.8) is 0 Å². The van der Waals surface area contributed by atoms with E-state index in [1.165, 1.54) is 0 Å². The minimum absolute atomic E-state index is 0.329. The minimum atomic E-state index is -0.574. The smallest absolute Gasteiger partial charge is 0.0940 e. The molecule has 0 amide bonds. The van der Waals surface area contributed by atoms with Crippen molar-refractivity contribution in [3.05, 3.63) is 33.8 Å². The topological polar surface area (TPSA) is 29.5 Å². The maximum absolute atomic E-state index is 10.7. The Morgan fingerprint density at radius 2 is 1.81 bits per heavy atom. The Kier molecular flexibility index (Phi) is 5.25. The molecular formula is C17H24Cl2O2. The Morgan fingerprint density at radius 1 is 1.19 bits per heavy atom. The van der Waals surface area contributed by atoms with Crippen LogP contribution in [0.1, 0.15) is 45.1 Å². The summed E-state index contributed by atoms with van der Waals surface area (Å²) in [6.07, 6.45) is 3.75. The molecule has 1 aliphatic rings. The molecule has 2 rings (SSSR count). The second kappa shape index (κ2) is 6.45. The van der Waals surface area contributed by atoms with Crippen LogP contribution in [0.4, 0.5) is 0 Å². The molecule has 4 heteroatoms. The van der Waals surface area contributed by atoms with Gasteiger partial charge in [0.2, 0.25) is 0 Å². The van der Waals surface area contributed by atoms with Crippen LogP contribution >= 0.6 is 23.2 Å². The molecule has 2 nitrogen and oxygen atoms in total. The van der Waals surface area contributed by atoms with Crippen molar-refractivity contribution in [2.45, 2.75) is 57.7 Å². The molecule has 0 aromatic heterocycles. The highest BCUT2D eigenvalue weighted by Crippen LogP contribution is 2.44. The number of halogens is 2. The summed E-state index contributed by atoms with van der Waals surface area (Å²) in [5.74, 6) is 0. The van der Waals surface area contributed by atoms with Gasteiger partial charge < -0.3 is 9.84 Å². The van der Waals surface area contributed by atoms with Crippen molar-refractivity contribution in [2.75, 3.05) is 7.11 Å². The molecule has 0 heterocycles. The lowest BCUT2D eigenvalue weighted by atomic mass is 9.68. The summed E-state index contributed by atoms with van der Waals surface area (Å²) in [6, 6.07) is 5.35. The molecule has 0 saturated heterocycles. The predicted molar refractivity (Wildman–Crippen MR) is 88.2 cm³/mol. The third-order valence-electron chi connectivity index (χ3n) is 4.88. The van der Waals surface area contributed by atoms with Crippen molar-refractivity contribution in [3.8, 4) is 0 Å². The van der Waals surface area contributed by atoms with Gasteiger partial charge in [0.05, 0.1) is 11.7 Å². The maximum atomic E-state index is 10.7. The highest BCUT2D eigenvalue weighted by atomic mass is 35.5. The molecular weight excluding hydrogens is 307 g/mol. The van der Waals surface area contributed by atoms with Gasteiger partial charge in [-0.25, -0.2) is 0 Å². The second-order valence-corrected chi connectivity index (χ2v) is 7.73. The SMILES string of the molecule is COC1(C(O)Cc2cc(Cl)ccc2Cl)CCC(C)(C)CC1. The molecule has 1 aromatic rings. The van der Waals surface area contributed by atoms with Crippen LogP contribution in [0.15, 0.2) is 18.2 Å². The Hall–Kier alpha value is -0.280. The van der Waals surface area contributed by atoms with Crippen LogP contribution in [0.2, 0.25) is 10.0 Å². The van der Waals surface area contributed by atoms with Crippen LogP contribution in [-0.4, -0.2) is 23.9 Å². The van der Waals surface area contributed by atoms with E-state index in [9.17, 15) is 5.11 Å². The third kappa shape index (κ3) is 3.92. The monoisotopic (exact) mass is 330 g/mol. The first-order valence-electron chi connectivity index (χ1n) is 7.45. The number of rotatable bonds is 4. The van der Waals surface area contributed by atoms with Crippen molar-refractivity contribution in [1.29, 1.82) is 0 Å². The molecule has 1 aliphatic carbocycles. The van der Waals surface area contributed by atoms with Crippen LogP contribution in [0.5, 0.6) is 0 Å². The maximum Gasteiger partial charge on any atom is 0.0940 e. The number of methoxy groups -OCH3 is 1. The molecule has 1 aromatic carbocycles. The number of aliphatic hydroxyl groups is 1. The second-order valence-electron chi connectivity index (χ2n) is 6.89. The lowest BCUT2D eigenvalue weighted by Crippen LogP contribution is -2.49. The van der Waals surface area contributed by atoms with E-state index in [0.29, 0.717) is 21.9 Å². The first-order chi connectivity index (χ1) is 9.78. The molecule has 1 saturated carbocycles. The summed E-state index contributed by atoms with van der Waals surface area (Å²) < 4.78 is 5.75. The standard InChI is InChI=1S/C17H24Cl2O2/c1-16(2)6-8-17(21-3,9-7-16)15(20)11-12-10-13(18)4-5-14(12)19/h4-5,10,15,20H,6-9,11H2,1-3H3. The number of ether oxygens (including phenoxy) is 1. The van der Waals surface area contributed by atoms with Gasteiger partial charge in [-0.3, -0.25) is 0 Å². The number of benzene rings is 1. The Bertz CT molecular complexity index is 490. The molecule has 0 radical (unpaired) electrons. The van der Waals surface area contributed by atoms with Crippen molar-refractivity contribution >= 4 is 23.2 Å². The van der Waals surface area contributed by atoms with Crippen LogP contribution in [0, 0.1) is 5.41 Å². The molecule has 21 heavy (non-hydrogen) atoms. The van der Waals surface area contributed by atoms with Gasteiger partial charge in [-0.2, -0.15) is 0 Å². The number of hydrogen-bond acceptors (Lipinski definition) is 2. The van der Waals surface area contributed by atoms with Crippen LogP contribution in [-0.2, 0) is 11.2 Å². The largest absolute Gasteiger partial charge is 0.390 e. The Labute approximate surface area is 137 Å². The average molecular weight is 331 g/mol. The first-order valence-corrected chi connectivity index (χ1v) is 8.21. The first kappa shape index (κ1) is 17.1. The fraction of sp³-hybridized carbons (Fsp3) is 0.647. The van der Waals surface area contributed by atoms with Gasteiger partial charge in [-0.1, -0.05) is 37.0 Å². The molecule has 1 fully saturated rings. The van der Waals surface area contributed by atoms with Crippen molar-refractivity contribution in [1.82, 2.24) is 0 Å². The van der Waals surface area contributed by atoms with Crippen LogP contribution < -0.4 is 0 Å². The summed E-state index contributed by atoms with van der Waals surface area (Å²) in [5.41, 5.74) is 0.731. The number of hydrogen-bond donors (Lipinski definition) is 1. The lowest BCUT2D eigenvalue weighted by molar-refractivity contribution is -0.135. The quantitative estimate of drug-likeness (QED) is 0.852. The number of aliphatic hydroxyl groups excluding tert-OH is 1. The van der Waals surface area contributed by atoms with E-state index in [1.54, 1.807) is 19.2 Å². The molecule has 1 unspecified atom stereocenters. The summed E-state index contributed by atoms with van der Waals surface area (Å²) in [7, 11) is 1.70. The van der Waals surface area contributed by atoms with Crippen LogP contribution in [0.25, 0.3) is 0 Å². The lowest BCUT2D eigenvalue weighted by Gasteiger charge is -2.45. The van der Waals surface area contributed by atoms with Gasteiger partial charge in [-0.05, 0) is 54.9 Å². The van der Waals surface area contributed by atoms with Gasteiger partial charge in [0.15, 0.2) is 0 Å². The van der Waals surface area contributed by atoms with E-state index >= 15 is 0 Å². The molecule has 0 aliphatic heterocycles. The van der Waals surface area contributed by atoms with E-state index in [2.05, 4.69) is 13.8 Å². The van der Waals surface area contributed by atoms with Gasteiger partial charge in [-0.15, -0.1) is 0 Å². The zero-order chi connectivity index (χ0) is 15.7. The molecule has 1 atom stereocenters. The van der Waals surface area contributed by atoms with E-state index in [4.69, 9.17) is 27.9 Å². The fourth-order valence-corrected chi connectivity index (χ4v) is 3.51. The molecule has 1 N–H and O–H groups in total. The average Bonchev–Trinajstić information content (AvgIpc) is 2.43. The van der Waals surface area contributed by atoms with E-state index in [1.807, 2.05) is 6.07 Å². The summed E-state index contributed by atoms with van der Waals surface area (Å²) in [5, 5.41) is 12.0. The molecule has 0 spiro atoms. The zero-order valence-corrected chi connectivity index (χ0v) is 14.5. The van der Waals surface area contributed by atoms with Crippen LogP contribution in [0.3, 0.4) is 0 Å². The van der Waals surface area contributed by atoms with E-state index in [-0.39, 0.29) is 0 Å². The summed E-state index contributed by atoms with van der Waals surface area (Å²) in [4.78, 5) is 0. The van der Waals surface area contributed by atoms with Gasteiger partial charge in [0, 0.05) is 23.6 Å². The normalized spacial score (nSPS) is 22.0. The minimum Gasteiger partial charge on any atom is -0.390 e. The highest BCUT2D eigenvalue weighted by Gasteiger charge is 2.43. The van der Waals surface area contributed by atoms with Crippen molar-refractivity contribution < 1.29 is 9.84 Å².